The van der Waals surface area contributed by atoms with Crippen molar-refractivity contribution in [2.45, 2.75) is 109 Å². The number of aryl methyl sites for hydroxylation is 4. The molecule has 0 saturated carbocycles. The molecule has 1 saturated heterocycles. The van der Waals surface area contributed by atoms with Crippen molar-refractivity contribution in [1.82, 2.24) is 70.8 Å². The van der Waals surface area contributed by atoms with Crippen LogP contribution in [0, 0.1) is 57.6 Å². The fraction of sp³-hybridized carbons (Fsp3) is 0.531. The molecule has 38 heteroatoms. The minimum atomic E-state index is -4.23. The largest absolute Gasteiger partial charge is 0.481 e. The van der Waals surface area contributed by atoms with Gasteiger partial charge >= 0.3 is 29.8 Å². The molecule has 2 aromatic heterocycles. The number of carboxylic acids is 5. The van der Waals surface area contributed by atoms with E-state index in [1.54, 1.807) is 66.0 Å². The molecule has 2 aromatic carbocycles. The topological polar surface area (TPSA) is 509 Å². The molecule has 0 unspecified atom stereocenters. The number of pyridine rings is 1. The third-order valence-corrected chi connectivity index (χ3v) is 17.7. The summed E-state index contributed by atoms with van der Waals surface area (Å²) in [6, 6.07) is 3.55. The number of imidazole rings is 1. The molecule has 569 valence electrons. The average molecular weight is 1610 g/mol. The molecule has 5 rings (SSSR count). The van der Waals surface area contributed by atoms with Gasteiger partial charge in [0.15, 0.2) is 5.95 Å². The Morgan fingerprint density at radius 1 is 0.608 bits per heavy atom. The molecule has 102 heavy (non-hydrogen) atoms. The van der Waals surface area contributed by atoms with E-state index in [-0.39, 0.29) is 170 Å². The van der Waals surface area contributed by atoms with Gasteiger partial charge in [0.2, 0.25) is 45.0 Å². The van der Waals surface area contributed by atoms with E-state index in [0.29, 0.717) is 42.0 Å². The average Bonchev–Trinajstić information content (AvgIpc) is 0.806. The summed E-state index contributed by atoms with van der Waals surface area (Å²) in [5.41, 5.74) is 2.12. The number of carbonyl (C=O) groups excluding carboxylic acids is 7. The Bertz CT molecular complexity index is 3710. The fourth-order valence-electron chi connectivity index (χ4n) is 11.0. The van der Waals surface area contributed by atoms with Crippen molar-refractivity contribution >= 4 is 97.9 Å². The number of carboxylic acid groups (broad SMARTS) is 5. The monoisotopic (exact) mass is 1610 g/mol. The Morgan fingerprint density at radius 3 is 1.60 bits per heavy atom. The van der Waals surface area contributed by atoms with Crippen molar-refractivity contribution < 1.29 is 133 Å². The van der Waals surface area contributed by atoms with Gasteiger partial charge in [-0.15, -0.1) is 0 Å². The Morgan fingerprint density at radius 2 is 1.11 bits per heavy atom. The second-order valence-corrected chi connectivity index (χ2v) is 25.9. The Balaban J connectivity index is 0.0000220. The van der Waals surface area contributed by atoms with E-state index in [9.17, 15) is 96.3 Å². The van der Waals surface area contributed by atoms with Crippen molar-refractivity contribution in [3.63, 3.8) is 0 Å². The van der Waals surface area contributed by atoms with E-state index in [1.165, 1.54) is 27.8 Å². The van der Waals surface area contributed by atoms with Crippen molar-refractivity contribution in [2.75, 3.05) is 123 Å². The minimum absolute atomic E-state index is 0. The smallest absolute Gasteiger partial charge is 0.317 e. The first kappa shape index (κ1) is 85.9. The molecule has 1 fully saturated rings. The van der Waals surface area contributed by atoms with E-state index in [2.05, 4.69) is 51.9 Å². The molecule has 4 aromatic rings. The summed E-state index contributed by atoms with van der Waals surface area (Å²) < 4.78 is 36.8. The number of ether oxygens (including phenoxy) is 1. The number of carbonyl (C=O) groups is 12. The van der Waals surface area contributed by atoms with Crippen LogP contribution in [0.25, 0.3) is 10.9 Å². The number of sulfonamides is 1. The molecule has 1 aliphatic heterocycles. The molecular formula is C64H91LuN15O21S. The number of nitrogens with one attached hydrogen (secondary N) is 9. The number of hydrogen-bond donors (Lipinski definition) is 14. The van der Waals surface area contributed by atoms with E-state index in [0.717, 1.165) is 11.1 Å². The van der Waals surface area contributed by atoms with Gasteiger partial charge in [0, 0.05) is 179 Å². The number of aliphatic carboxylic acids is 5. The quantitative estimate of drug-likeness (QED) is 0.0207. The van der Waals surface area contributed by atoms with Crippen molar-refractivity contribution in [2.24, 2.45) is 0 Å². The Hall–Kier alpha value is -8.56. The summed E-state index contributed by atoms with van der Waals surface area (Å²) in [4.78, 5) is 178. The number of aromatic nitrogens is 3. The third-order valence-electron chi connectivity index (χ3n) is 15.9. The maximum atomic E-state index is 14.0. The van der Waals surface area contributed by atoms with E-state index in [1.807, 2.05) is 6.92 Å². The predicted octanol–water partition coefficient (Wildman–Crippen LogP) is -2.36. The van der Waals surface area contributed by atoms with Crippen LogP contribution < -0.4 is 47.4 Å². The molecule has 0 aliphatic carbocycles. The summed E-state index contributed by atoms with van der Waals surface area (Å²) in [6.07, 6.45) is 3.25. The Kier molecular flexibility index (Phi) is 36.5. The SMILES string of the molecule is CC(=O)[C@H](CNC(=O)c1cn(CCCNC(=O)CCC(=O)NCCCOCCCNC(=O)[C@@H](CC(=O)O)NC(=O)[C@@H](CC(=O)O)NC(=O)CN2CCN(CC(=O)O)CCN(CC(=O)O)CCN(CC(=O)O)CC2)c2cc(CNc3ncc[nH]3)ccc2c1=O)NS(=O)(=O)c1c(C)cc(C)cc1C.[Lu]. The summed E-state index contributed by atoms with van der Waals surface area (Å²) in [6.45, 7) is 5.70. The number of rotatable bonds is 41. The molecule has 3 heterocycles. The molecule has 36 nitrogen and oxygen atoms in total. The number of fused-ring (bicyclic) bond motifs is 1. The summed E-state index contributed by atoms with van der Waals surface area (Å²) in [5.74, 6) is -11.3. The van der Waals surface area contributed by atoms with Crippen LogP contribution in [0.2, 0.25) is 0 Å². The van der Waals surface area contributed by atoms with Gasteiger partial charge < -0.3 is 77.0 Å². The number of hydrogen-bond acceptors (Lipinski definition) is 22. The number of anilines is 1. The number of H-pyrrole nitrogens is 1. The summed E-state index contributed by atoms with van der Waals surface area (Å²) in [5, 5.41) is 66.1. The molecular weight excluding hydrogens is 1520 g/mol. The van der Waals surface area contributed by atoms with Gasteiger partial charge in [0.05, 0.1) is 55.5 Å². The van der Waals surface area contributed by atoms with Crippen LogP contribution in [-0.4, -0.2) is 275 Å². The fourth-order valence-corrected chi connectivity index (χ4v) is 12.7. The first-order valence-electron chi connectivity index (χ1n) is 32.6. The predicted molar refractivity (Wildman–Crippen MR) is 362 cm³/mol. The maximum absolute atomic E-state index is 14.0. The molecule has 3 atom stereocenters. The first-order valence-corrected chi connectivity index (χ1v) is 34.1. The number of benzene rings is 2. The number of Topliss-reactive ketones (excluding diaryl/α,β-unsaturated/α-hetero) is 1. The van der Waals surface area contributed by atoms with Crippen LogP contribution in [0.1, 0.15) is 84.5 Å². The summed E-state index contributed by atoms with van der Waals surface area (Å²) >= 11 is 0. The second-order valence-electron chi connectivity index (χ2n) is 24.3. The van der Waals surface area contributed by atoms with Crippen molar-refractivity contribution in [3.8, 4) is 0 Å². The van der Waals surface area contributed by atoms with E-state index in [4.69, 9.17) is 4.74 Å². The molecule has 14 N–H and O–H groups in total. The standard InChI is InChI=1S/C64H91N15O21S.Lu/c1-40-28-41(2)60(42(3)29-40)101(98,99)74-49(43(4)80)34-70-61(95)46-35-79(50-30-44(8-9-45(50)59(46)94)33-71-64-68-15-16-69-64)17-5-12-65-51(81)10-11-52(82)66-13-6-26-100-27-7-14-67-62(96)47(31-54(84)85)73-63(97)48(32-55(86)87)72-53(83)36-75-18-20-76(37-56(88)89)22-24-78(39-58(92)93)25-23-77(21-19-75)38-57(90)91;/h8-9,15-16,28-30,35,47-49,74H,5-7,10-14,17-27,31-34,36-39H2,1-4H3,(H,65,81)(H,66,82)(H,67,96)(H,70,95)(H,72,83)(H,73,97)(H,84,85)(H,86,87)(H,88,89)(H,90,91)(H,92,93)(H2,68,69,71);/t47-,48-,49+;/m1./s1. The normalized spacial score (nSPS) is 14.4. The van der Waals surface area contributed by atoms with Crippen molar-refractivity contribution in [1.29, 1.82) is 0 Å². The van der Waals surface area contributed by atoms with Gasteiger partial charge in [-0.05, 0) is 75.8 Å². The maximum Gasteiger partial charge on any atom is 0.317 e. The van der Waals surface area contributed by atoms with E-state index < -0.39 is 144 Å². The third kappa shape index (κ3) is 30.6. The number of ketones is 1. The number of nitrogens with zero attached hydrogens (tertiary/aromatic N) is 6. The molecule has 1 radical (unpaired) electrons. The number of aromatic amines is 1. The zero-order valence-corrected chi connectivity index (χ0v) is 59.5. The zero-order chi connectivity index (χ0) is 74.3. The van der Waals surface area contributed by atoms with E-state index >= 15 is 0 Å². The minimum Gasteiger partial charge on any atom is -0.481 e. The van der Waals surface area contributed by atoms with Crippen LogP contribution >= 0.6 is 0 Å². The summed E-state index contributed by atoms with van der Waals surface area (Å²) in [7, 11) is -4.23. The van der Waals surface area contributed by atoms with Crippen LogP contribution in [0.4, 0.5) is 5.95 Å². The molecule has 0 bridgehead atoms. The van der Waals surface area contributed by atoms with Crippen molar-refractivity contribution in [3.05, 3.63) is 87.0 Å². The van der Waals surface area contributed by atoms with Gasteiger partial charge in [-0.25, -0.2) is 13.4 Å². The second kappa shape index (κ2) is 43.4. The van der Waals surface area contributed by atoms with Gasteiger partial charge in [0.25, 0.3) is 5.91 Å². The first-order chi connectivity index (χ1) is 47.9. The van der Waals surface area contributed by atoms with Gasteiger partial charge in [-0.1, -0.05) is 23.8 Å². The van der Waals surface area contributed by atoms with Gasteiger partial charge in [0.1, 0.15) is 23.4 Å². The molecule has 6 amide bonds. The molecule has 1 aliphatic rings. The van der Waals surface area contributed by atoms with Crippen LogP contribution in [0.5, 0.6) is 0 Å². The van der Waals surface area contributed by atoms with Crippen LogP contribution in [0.3, 0.4) is 0 Å². The Labute approximate surface area is 617 Å². The molecule has 0 spiro atoms. The van der Waals surface area contributed by atoms with Gasteiger partial charge in [-0.3, -0.25) is 81.9 Å². The van der Waals surface area contributed by atoms with Crippen LogP contribution in [-0.2, 0) is 80.6 Å². The zero-order valence-electron chi connectivity index (χ0n) is 57.1. The van der Waals surface area contributed by atoms with Crippen LogP contribution in [0.15, 0.2) is 58.6 Å². The van der Waals surface area contributed by atoms with Gasteiger partial charge in [-0.2, -0.15) is 4.72 Å². The number of amides is 6.